The van der Waals surface area contributed by atoms with Crippen LogP contribution in [0.5, 0.6) is 0 Å². The van der Waals surface area contributed by atoms with E-state index in [2.05, 4.69) is 0 Å². The second kappa shape index (κ2) is 5.45. The van der Waals surface area contributed by atoms with Crippen molar-refractivity contribution >= 4 is 11.5 Å². The lowest BCUT2D eigenvalue weighted by Crippen LogP contribution is -2.25. The van der Waals surface area contributed by atoms with Crippen LogP contribution in [0.25, 0.3) is 0 Å². The molecule has 92 valence electrons. The Labute approximate surface area is 106 Å². The van der Waals surface area contributed by atoms with E-state index in [1.54, 1.807) is 36.2 Å². The topological polar surface area (TPSA) is 20.3 Å². The van der Waals surface area contributed by atoms with Crippen molar-refractivity contribution in [3.8, 4) is 0 Å². The SMILES string of the molecule is CN(CC(=O)c1ccccc1)c1cccc(F)c1. The first-order chi connectivity index (χ1) is 8.66. The average Bonchev–Trinajstić information content (AvgIpc) is 2.39. The van der Waals surface area contributed by atoms with Gasteiger partial charge in [0.15, 0.2) is 5.78 Å². The molecule has 0 bridgehead atoms. The van der Waals surface area contributed by atoms with Crippen molar-refractivity contribution in [3.63, 3.8) is 0 Å². The summed E-state index contributed by atoms with van der Waals surface area (Å²) in [6, 6.07) is 15.3. The second-order valence-corrected chi connectivity index (χ2v) is 4.13. The molecule has 0 aliphatic rings. The number of Topliss-reactive ketones (excluding diaryl/α,β-unsaturated/α-hetero) is 1. The van der Waals surface area contributed by atoms with Crippen LogP contribution in [0.15, 0.2) is 54.6 Å². The first-order valence-electron chi connectivity index (χ1n) is 5.72. The van der Waals surface area contributed by atoms with Gasteiger partial charge in [-0.1, -0.05) is 36.4 Å². The minimum absolute atomic E-state index is 0.0161. The van der Waals surface area contributed by atoms with Crippen LogP contribution in [0, 0.1) is 5.82 Å². The quantitative estimate of drug-likeness (QED) is 0.769. The number of carbonyl (C=O) groups excluding carboxylic acids is 1. The lowest BCUT2D eigenvalue weighted by molar-refractivity contribution is 0.100. The molecule has 0 saturated heterocycles. The molecule has 0 amide bonds. The number of ketones is 1. The van der Waals surface area contributed by atoms with Crippen molar-refractivity contribution in [2.45, 2.75) is 0 Å². The van der Waals surface area contributed by atoms with E-state index < -0.39 is 0 Å². The van der Waals surface area contributed by atoms with E-state index in [0.717, 1.165) is 0 Å². The summed E-state index contributed by atoms with van der Waals surface area (Å²) in [5.74, 6) is -0.283. The predicted molar refractivity (Wildman–Crippen MR) is 70.4 cm³/mol. The second-order valence-electron chi connectivity index (χ2n) is 4.13. The Kier molecular flexibility index (Phi) is 3.72. The maximum atomic E-state index is 13.1. The molecular formula is C15H14FNO. The molecular weight excluding hydrogens is 229 g/mol. The molecule has 0 spiro atoms. The van der Waals surface area contributed by atoms with Crippen molar-refractivity contribution in [2.75, 3.05) is 18.5 Å². The zero-order valence-electron chi connectivity index (χ0n) is 10.1. The monoisotopic (exact) mass is 243 g/mol. The van der Waals surface area contributed by atoms with E-state index >= 15 is 0 Å². The van der Waals surface area contributed by atoms with E-state index in [-0.39, 0.29) is 18.1 Å². The molecule has 3 heteroatoms. The number of anilines is 1. The number of rotatable bonds is 4. The molecule has 0 heterocycles. The summed E-state index contributed by atoms with van der Waals surface area (Å²) in [7, 11) is 1.77. The van der Waals surface area contributed by atoms with Crippen molar-refractivity contribution in [2.24, 2.45) is 0 Å². The van der Waals surface area contributed by atoms with Crippen molar-refractivity contribution in [1.82, 2.24) is 0 Å². The predicted octanol–water partition coefficient (Wildman–Crippen LogP) is 3.14. The molecule has 2 aromatic rings. The van der Waals surface area contributed by atoms with Gasteiger partial charge in [0.1, 0.15) is 5.82 Å². The molecule has 0 radical (unpaired) electrons. The fraction of sp³-hybridized carbons (Fsp3) is 0.133. The molecule has 0 aliphatic heterocycles. The van der Waals surface area contributed by atoms with Gasteiger partial charge in [0.25, 0.3) is 0 Å². The molecule has 0 fully saturated rings. The molecule has 0 saturated carbocycles. The minimum Gasteiger partial charge on any atom is -0.367 e. The molecule has 2 nitrogen and oxygen atoms in total. The highest BCUT2D eigenvalue weighted by molar-refractivity contribution is 5.99. The van der Waals surface area contributed by atoms with E-state index in [1.807, 2.05) is 18.2 Å². The molecule has 0 atom stereocenters. The molecule has 2 rings (SSSR count). The highest BCUT2D eigenvalue weighted by Gasteiger charge is 2.09. The third-order valence-corrected chi connectivity index (χ3v) is 2.73. The van der Waals surface area contributed by atoms with Gasteiger partial charge in [0.2, 0.25) is 0 Å². The van der Waals surface area contributed by atoms with Gasteiger partial charge in [-0.25, -0.2) is 4.39 Å². The molecule has 2 aromatic carbocycles. The largest absolute Gasteiger partial charge is 0.367 e. The van der Waals surface area contributed by atoms with E-state index in [0.29, 0.717) is 11.3 Å². The summed E-state index contributed by atoms with van der Waals surface area (Å²) >= 11 is 0. The van der Waals surface area contributed by atoms with Crippen molar-refractivity contribution < 1.29 is 9.18 Å². The average molecular weight is 243 g/mol. The van der Waals surface area contributed by atoms with Gasteiger partial charge in [-0.2, -0.15) is 0 Å². The summed E-state index contributed by atoms with van der Waals surface area (Å²) in [5.41, 5.74) is 1.36. The van der Waals surface area contributed by atoms with Gasteiger partial charge in [0.05, 0.1) is 6.54 Å². The lowest BCUT2D eigenvalue weighted by atomic mass is 10.1. The maximum Gasteiger partial charge on any atom is 0.182 e. The Bertz CT molecular complexity index is 539. The third kappa shape index (κ3) is 2.94. The first-order valence-corrected chi connectivity index (χ1v) is 5.72. The molecule has 0 N–H and O–H groups in total. The maximum absolute atomic E-state index is 13.1. The van der Waals surface area contributed by atoms with Gasteiger partial charge >= 0.3 is 0 Å². The van der Waals surface area contributed by atoms with Crippen LogP contribution in [0.4, 0.5) is 10.1 Å². The Morgan fingerprint density at radius 3 is 2.50 bits per heavy atom. The summed E-state index contributed by atoms with van der Waals surface area (Å²) in [4.78, 5) is 13.7. The number of hydrogen-bond donors (Lipinski definition) is 0. The zero-order valence-corrected chi connectivity index (χ0v) is 10.1. The van der Waals surface area contributed by atoms with Crippen LogP contribution in [0.2, 0.25) is 0 Å². The highest BCUT2D eigenvalue weighted by Crippen LogP contribution is 2.14. The fourth-order valence-electron chi connectivity index (χ4n) is 1.74. The van der Waals surface area contributed by atoms with E-state index in [9.17, 15) is 9.18 Å². The Hall–Kier alpha value is -2.16. The van der Waals surface area contributed by atoms with Crippen LogP contribution in [0.1, 0.15) is 10.4 Å². The van der Waals surface area contributed by atoms with E-state index in [1.165, 1.54) is 12.1 Å². The zero-order chi connectivity index (χ0) is 13.0. The number of carbonyl (C=O) groups is 1. The van der Waals surface area contributed by atoms with Crippen LogP contribution >= 0.6 is 0 Å². The summed E-state index contributed by atoms with van der Waals surface area (Å²) in [5, 5.41) is 0. The number of halogens is 1. The number of hydrogen-bond acceptors (Lipinski definition) is 2. The first kappa shape index (κ1) is 12.3. The van der Waals surface area contributed by atoms with Gasteiger partial charge in [-0.15, -0.1) is 0 Å². The summed E-state index contributed by atoms with van der Waals surface area (Å²) in [6.07, 6.45) is 0. The van der Waals surface area contributed by atoms with Crippen molar-refractivity contribution in [1.29, 1.82) is 0 Å². The highest BCUT2D eigenvalue weighted by atomic mass is 19.1. The lowest BCUT2D eigenvalue weighted by Gasteiger charge is -2.18. The van der Waals surface area contributed by atoms with Crippen LogP contribution in [0.3, 0.4) is 0 Å². The van der Waals surface area contributed by atoms with E-state index in [4.69, 9.17) is 0 Å². The van der Waals surface area contributed by atoms with Gasteiger partial charge in [-0.05, 0) is 18.2 Å². The minimum atomic E-state index is -0.300. The Morgan fingerprint density at radius 2 is 1.83 bits per heavy atom. The van der Waals surface area contributed by atoms with Crippen LogP contribution < -0.4 is 4.90 Å². The van der Waals surface area contributed by atoms with Gasteiger partial charge in [-0.3, -0.25) is 4.79 Å². The fourth-order valence-corrected chi connectivity index (χ4v) is 1.74. The Balaban J connectivity index is 2.08. The summed E-state index contributed by atoms with van der Waals surface area (Å²) in [6.45, 7) is 0.230. The molecule has 0 aromatic heterocycles. The smallest absolute Gasteiger partial charge is 0.182 e. The summed E-state index contributed by atoms with van der Waals surface area (Å²) < 4.78 is 13.1. The van der Waals surface area contributed by atoms with Crippen LogP contribution in [-0.4, -0.2) is 19.4 Å². The molecule has 18 heavy (non-hydrogen) atoms. The number of benzene rings is 2. The normalized spacial score (nSPS) is 10.1. The third-order valence-electron chi connectivity index (χ3n) is 2.73. The molecule has 0 unspecified atom stereocenters. The number of likely N-dealkylation sites (N-methyl/N-ethyl adjacent to an activating group) is 1. The van der Waals surface area contributed by atoms with Gasteiger partial charge < -0.3 is 4.90 Å². The number of nitrogens with zero attached hydrogens (tertiary/aromatic N) is 1. The van der Waals surface area contributed by atoms with Crippen molar-refractivity contribution in [3.05, 3.63) is 66.0 Å². The standard InChI is InChI=1S/C15H14FNO/c1-17(14-9-5-8-13(16)10-14)11-15(18)12-6-3-2-4-7-12/h2-10H,11H2,1H3. The van der Waals surface area contributed by atoms with Gasteiger partial charge in [0, 0.05) is 18.3 Å². The Morgan fingerprint density at radius 1 is 1.11 bits per heavy atom. The molecule has 0 aliphatic carbocycles. The van der Waals surface area contributed by atoms with Crippen LogP contribution in [-0.2, 0) is 0 Å².